The van der Waals surface area contributed by atoms with E-state index in [9.17, 15) is 0 Å². The molecule has 0 saturated carbocycles. The summed E-state index contributed by atoms with van der Waals surface area (Å²) in [7, 11) is -3.45. The second-order valence-electron chi connectivity index (χ2n) is 8.84. The minimum absolute atomic E-state index is 0.467. The van der Waals surface area contributed by atoms with Gasteiger partial charge in [0.05, 0.1) is 16.7 Å². The predicted molar refractivity (Wildman–Crippen MR) is 150 cm³/mol. The zero-order valence-corrected chi connectivity index (χ0v) is 22.4. The fourth-order valence-electron chi connectivity index (χ4n) is 4.73. The molecule has 4 aromatic carbocycles. The van der Waals surface area contributed by atoms with E-state index < -0.39 is 10.1 Å². The Kier molecular flexibility index (Phi) is 8.72. The SMILES string of the molecule is CCOc1ccc([S+]2CCCC2)c2ccccc12.CS(=O)(=O)[O-].c1ccc2c(c1)Cc1ccccc1-2. The molecular weight excluding hydrogens is 488 g/mol. The number of benzene rings is 4. The molecule has 1 aliphatic carbocycles. The van der Waals surface area contributed by atoms with Crippen LogP contribution < -0.4 is 4.74 Å². The van der Waals surface area contributed by atoms with Crippen molar-refractivity contribution in [1.29, 1.82) is 0 Å². The maximum Gasteiger partial charge on any atom is 0.162 e. The smallest absolute Gasteiger partial charge is 0.162 e. The van der Waals surface area contributed by atoms with Crippen LogP contribution in [0.2, 0.25) is 0 Å². The molecule has 6 heteroatoms. The Labute approximate surface area is 217 Å². The number of fused-ring (bicyclic) bond motifs is 4. The van der Waals surface area contributed by atoms with E-state index in [0.717, 1.165) is 18.8 Å². The molecule has 0 aromatic heterocycles. The summed E-state index contributed by atoms with van der Waals surface area (Å²) in [4.78, 5) is 1.55. The molecule has 0 atom stereocenters. The van der Waals surface area contributed by atoms with E-state index in [1.54, 1.807) is 4.90 Å². The fourth-order valence-corrected chi connectivity index (χ4v) is 7.23. The molecule has 0 radical (unpaired) electrons. The summed E-state index contributed by atoms with van der Waals surface area (Å²) in [5.41, 5.74) is 5.75. The average Bonchev–Trinajstić information content (AvgIpc) is 3.52. The molecule has 0 bridgehead atoms. The number of rotatable bonds is 3. The second kappa shape index (κ2) is 12.0. The van der Waals surface area contributed by atoms with Crippen molar-refractivity contribution in [2.45, 2.75) is 31.1 Å². The average molecular weight is 521 g/mol. The van der Waals surface area contributed by atoms with Gasteiger partial charge in [-0.3, -0.25) is 0 Å². The highest BCUT2D eigenvalue weighted by Gasteiger charge is 2.29. The summed E-state index contributed by atoms with van der Waals surface area (Å²) >= 11 is 0. The summed E-state index contributed by atoms with van der Waals surface area (Å²) in [6, 6.07) is 30.4. The van der Waals surface area contributed by atoms with Crippen LogP contribution in [0, 0.1) is 0 Å². The van der Waals surface area contributed by atoms with Crippen LogP contribution in [0.1, 0.15) is 30.9 Å². The van der Waals surface area contributed by atoms with Gasteiger partial charge in [-0.25, -0.2) is 8.42 Å². The van der Waals surface area contributed by atoms with Crippen LogP contribution in [0.5, 0.6) is 5.75 Å². The highest BCUT2D eigenvalue weighted by molar-refractivity contribution is 7.97. The van der Waals surface area contributed by atoms with Crippen LogP contribution >= 0.6 is 0 Å². The quantitative estimate of drug-likeness (QED) is 0.203. The monoisotopic (exact) mass is 520 g/mol. The topological polar surface area (TPSA) is 66.4 Å². The number of ether oxygens (including phenoxy) is 1. The molecule has 2 aliphatic rings. The van der Waals surface area contributed by atoms with E-state index in [-0.39, 0.29) is 0 Å². The largest absolute Gasteiger partial charge is 0.748 e. The van der Waals surface area contributed by atoms with Gasteiger partial charge >= 0.3 is 0 Å². The molecule has 1 fully saturated rings. The summed E-state index contributed by atoms with van der Waals surface area (Å²) in [6.45, 7) is 2.77. The standard InChI is InChI=1S/C16H19OS.C13H10.CH4O3S/c1-2-17-15-9-10-16(18-11-5-6-12-18)14-8-4-3-7-13(14)15;1-3-7-12-10(5-1)9-11-6-2-4-8-13(11)12;1-5(2,3)4/h3-4,7-10H,2,5-6,11-12H2,1H3;1-8H,9H2;1H3,(H,2,3,4)/q+1;;/p-1. The van der Waals surface area contributed by atoms with E-state index in [0.29, 0.717) is 17.2 Å². The lowest BCUT2D eigenvalue weighted by atomic mass is 10.1. The molecule has 4 nitrogen and oxygen atoms in total. The Hall–Kier alpha value is -2.80. The van der Waals surface area contributed by atoms with E-state index in [2.05, 4.69) is 84.9 Å². The van der Waals surface area contributed by atoms with Gasteiger partial charge in [0.15, 0.2) is 4.90 Å². The Morgan fingerprint density at radius 3 is 1.83 bits per heavy atom. The lowest BCUT2D eigenvalue weighted by Gasteiger charge is -2.10. The summed E-state index contributed by atoms with van der Waals surface area (Å²) in [5, 5.41) is 2.67. The van der Waals surface area contributed by atoms with Crippen molar-refractivity contribution in [2.24, 2.45) is 0 Å². The molecule has 0 N–H and O–H groups in total. The Bertz CT molecular complexity index is 1370. The van der Waals surface area contributed by atoms with Crippen molar-refractivity contribution in [3.8, 4) is 16.9 Å². The highest BCUT2D eigenvalue weighted by Crippen LogP contribution is 2.36. The van der Waals surface area contributed by atoms with Crippen LogP contribution in [-0.4, -0.2) is 37.3 Å². The van der Waals surface area contributed by atoms with Crippen LogP contribution in [-0.2, 0) is 27.4 Å². The first kappa shape index (κ1) is 26.3. The van der Waals surface area contributed by atoms with Gasteiger partial charge in [-0.1, -0.05) is 66.7 Å². The van der Waals surface area contributed by atoms with E-state index in [1.807, 2.05) is 6.92 Å². The Balaban J connectivity index is 0.000000148. The molecule has 6 rings (SSSR count). The molecule has 4 aromatic rings. The number of hydrogen-bond donors (Lipinski definition) is 0. The lowest BCUT2D eigenvalue weighted by molar-refractivity contribution is 0.344. The molecular formula is C30H32O4S2. The van der Waals surface area contributed by atoms with Crippen molar-refractivity contribution in [2.75, 3.05) is 24.4 Å². The van der Waals surface area contributed by atoms with Gasteiger partial charge in [0, 0.05) is 27.9 Å². The maximum absolute atomic E-state index is 9.08. The third kappa shape index (κ3) is 6.69. The van der Waals surface area contributed by atoms with E-state index in [4.69, 9.17) is 17.7 Å². The molecule has 1 aliphatic heterocycles. The Morgan fingerprint density at radius 2 is 1.28 bits per heavy atom. The molecule has 188 valence electrons. The van der Waals surface area contributed by atoms with Crippen LogP contribution in [0.3, 0.4) is 0 Å². The van der Waals surface area contributed by atoms with E-state index >= 15 is 0 Å². The van der Waals surface area contributed by atoms with Crippen LogP contribution in [0.15, 0.2) is 89.8 Å². The van der Waals surface area contributed by atoms with Gasteiger partial charge in [-0.15, -0.1) is 0 Å². The second-order valence-corrected chi connectivity index (χ2v) is 12.5. The van der Waals surface area contributed by atoms with Crippen molar-refractivity contribution in [3.05, 3.63) is 96.1 Å². The van der Waals surface area contributed by atoms with Crippen molar-refractivity contribution in [3.63, 3.8) is 0 Å². The van der Waals surface area contributed by atoms with Crippen LogP contribution in [0.4, 0.5) is 0 Å². The molecule has 1 heterocycles. The normalized spacial score (nSPS) is 14.2. The molecule has 36 heavy (non-hydrogen) atoms. The molecule has 0 amide bonds. The third-order valence-electron chi connectivity index (χ3n) is 6.19. The van der Waals surface area contributed by atoms with Crippen molar-refractivity contribution in [1.82, 2.24) is 0 Å². The summed E-state index contributed by atoms with van der Waals surface area (Å²) in [6.07, 6.45) is 4.49. The van der Waals surface area contributed by atoms with Gasteiger partial charge in [0.1, 0.15) is 17.3 Å². The lowest BCUT2D eigenvalue weighted by Crippen LogP contribution is -2.05. The first-order valence-electron chi connectivity index (χ1n) is 12.2. The van der Waals surface area contributed by atoms with Gasteiger partial charge in [-0.05, 0) is 66.6 Å². The molecule has 0 spiro atoms. The summed E-state index contributed by atoms with van der Waals surface area (Å²) < 4.78 is 33.0. The van der Waals surface area contributed by atoms with Gasteiger partial charge in [0.2, 0.25) is 0 Å². The van der Waals surface area contributed by atoms with Crippen LogP contribution in [0.25, 0.3) is 21.9 Å². The predicted octanol–water partition coefficient (Wildman–Crippen LogP) is 6.43. The maximum atomic E-state index is 9.08. The minimum Gasteiger partial charge on any atom is -0.748 e. The van der Waals surface area contributed by atoms with Gasteiger partial charge < -0.3 is 9.29 Å². The highest BCUT2D eigenvalue weighted by atomic mass is 32.2. The summed E-state index contributed by atoms with van der Waals surface area (Å²) in [5.74, 6) is 3.77. The Morgan fingerprint density at radius 1 is 0.778 bits per heavy atom. The zero-order chi connectivity index (χ0) is 25.5. The molecule has 0 unspecified atom stereocenters. The first-order chi connectivity index (χ1) is 17.3. The minimum atomic E-state index is -3.92. The van der Waals surface area contributed by atoms with E-state index in [1.165, 1.54) is 57.4 Å². The first-order valence-corrected chi connectivity index (χ1v) is 15.6. The molecule has 1 saturated heterocycles. The third-order valence-corrected chi connectivity index (χ3v) is 8.73. The van der Waals surface area contributed by atoms with Crippen molar-refractivity contribution < 1.29 is 17.7 Å². The fraction of sp³-hybridized carbons (Fsp3) is 0.267. The van der Waals surface area contributed by atoms with Gasteiger partial charge in [0.25, 0.3) is 0 Å². The number of hydrogen-bond acceptors (Lipinski definition) is 4. The zero-order valence-electron chi connectivity index (χ0n) is 20.8. The van der Waals surface area contributed by atoms with Crippen molar-refractivity contribution >= 4 is 31.8 Å². The van der Waals surface area contributed by atoms with Gasteiger partial charge in [-0.2, -0.15) is 0 Å².